The van der Waals surface area contributed by atoms with Gasteiger partial charge in [0.1, 0.15) is 35.2 Å². The van der Waals surface area contributed by atoms with Crippen molar-refractivity contribution in [2.75, 3.05) is 18.0 Å². The molecule has 8 nitrogen and oxygen atoms in total. The Bertz CT molecular complexity index is 1670. The molecule has 2 aromatic carbocycles. The molecule has 0 unspecified atom stereocenters. The second-order valence-electron chi connectivity index (χ2n) is 10.0. The summed E-state index contributed by atoms with van der Waals surface area (Å²) in [6, 6.07) is 8.01. The molecule has 0 amide bonds. The molecule has 0 spiro atoms. The zero-order valence-corrected chi connectivity index (χ0v) is 23.3. The molecule has 2 N–H and O–H groups in total. The van der Waals surface area contributed by atoms with Gasteiger partial charge in [-0.25, -0.2) is 18.6 Å². The zero-order valence-electron chi connectivity index (χ0n) is 21.0. The molecule has 1 aliphatic heterocycles. The smallest absolute Gasteiger partial charge is 0.337 e. The Labute approximate surface area is 247 Å². The number of anilines is 1. The highest BCUT2D eigenvalue weighted by molar-refractivity contribution is 6.39. The molecule has 6 rings (SSSR count). The molecule has 13 heteroatoms. The normalized spacial score (nSPS) is 16.0. The van der Waals surface area contributed by atoms with Crippen molar-refractivity contribution < 1.29 is 33.0 Å². The lowest BCUT2D eigenvalue weighted by Gasteiger charge is -2.47. The number of carboxylic acids is 1. The summed E-state index contributed by atoms with van der Waals surface area (Å²) in [5.41, 5.74) is 0.112. The van der Waals surface area contributed by atoms with Crippen molar-refractivity contribution in [3.8, 4) is 17.0 Å². The van der Waals surface area contributed by atoms with Crippen LogP contribution in [0.4, 0.5) is 14.6 Å². The predicted octanol–water partition coefficient (Wildman–Crippen LogP) is 6.84. The number of hydrogen-bond donors (Lipinski definition) is 2. The van der Waals surface area contributed by atoms with Gasteiger partial charge in [-0.2, -0.15) is 0 Å². The number of nitrogens with zero attached hydrogens (tertiary/aromatic N) is 3. The summed E-state index contributed by atoms with van der Waals surface area (Å²) in [6.07, 6.45) is 2.93. The summed E-state index contributed by atoms with van der Waals surface area (Å²) >= 11 is 19.1. The number of rotatable bonds is 8. The zero-order chi connectivity index (χ0) is 29.1. The van der Waals surface area contributed by atoms with Gasteiger partial charge in [0, 0.05) is 23.2 Å². The molecule has 4 aromatic rings. The highest BCUT2D eigenvalue weighted by Crippen LogP contribution is 2.46. The highest BCUT2D eigenvalue weighted by atomic mass is 35.5. The van der Waals surface area contributed by atoms with E-state index in [4.69, 9.17) is 49.2 Å². The van der Waals surface area contributed by atoms with Crippen molar-refractivity contribution >= 4 is 46.6 Å². The van der Waals surface area contributed by atoms with Crippen LogP contribution in [-0.2, 0) is 12.2 Å². The van der Waals surface area contributed by atoms with Crippen molar-refractivity contribution in [2.24, 2.45) is 0 Å². The molecule has 2 aliphatic rings. The Morgan fingerprint density at radius 3 is 2.41 bits per heavy atom. The maximum absolute atomic E-state index is 14.4. The lowest BCUT2D eigenvalue weighted by molar-refractivity contribution is 0.00670. The van der Waals surface area contributed by atoms with Crippen LogP contribution in [0.1, 0.15) is 46.0 Å². The highest BCUT2D eigenvalue weighted by Gasteiger charge is 2.45. The lowest BCUT2D eigenvalue weighted by Crippen LogP contribution is -2.60. The van der Waals surface area contributed by atoms with E-state index in [1.54, 1.807) is 18.2 Å². The van der Waals surface area contributed by atoms with Gasteiger partial charge in [0.15, 0.2) is 11.6 Å². The monoisotopic (exact) mass is 621 g/mol. The molecule has 1 saturated heterocycles. The van der Waals surface area contributed by atoms with Crippen LogP contribution in [0.2, 0.25) is 15.1 Å². The van der Waals surface area contributed by atoms with Gasteiger partial charge in [0.2, 0.25) is 0 Å². The number of carboxylic acid groups (broad SMARTS) is 1. The molecule has 2 fully saturated rings. The van der Waals surface area contributed by atoms with Crippen LogP contribution >= 0.6 is 34.8 Å². The lowest BCUT2D eigenvalue weighted by atomic mass is 9.86. The van der Waals surface area contributed by atoms with Gasteiger partial charge in [-0.3, -0.25) is 0 Å². The number of pyridine rings is 1. The first-order valence-electron chi connectivity index (χ1n) is 12.5. The predicted molar refractivity (Wildman–Crippen MR) is 147 cm³/mol. The van der Waals surface area contributed by atoms with Crippen molar-refractivity contribution in [1.82, 2.24) is 10.1 Å². The number of halogens is 5. The first kappa shape index (κ1) is 27.7. The molecule has 3 heterocycles. The van der Waals surface area contributed by atoms with E-state index >= 15 is 0 Å². The maximum Gasteiger partial charge on any atom is 0.337 e. The van der Waals surface area contributed by atoms with Gasteiger partial charge in [-0.15, -0.1) is 0 Å². The fraction of sp³-hybridized carbons (Fsp3) is 0.250. The van der Waals surface area contributed by atoms with E-state index in [0.29, 0.717) is 33.9 Å². The molecular formula is C28H20Cl3F2N3O5. The molecule has 1 aliphatic carbocycles. The summed E-state index contributed by atoms with van der Waals surface area (Å²) in [4.78, 5) is 16.4. The number of carbonyl (C=O) groups is 1. The quantitative estimate of drug-likeness (QED) is 0.220. The minimum absolute atomic E-state index is 0.00273. The van der Waals surface area contributed by atoms with Gasteiger partial charge in [0.25, 0.3) is 0 Å². The fourth-order valence-electron chi connectivity index (χ4n) is 4.90. The molecule has 212 valence electrons. The third kappa shape index (κ3) is 5.21. The Morgan fingerprint density at radius 2 is 1.80 bits per heavy atom. The van der Waals surface area contributed by atoms with Crippen LogP contribution in [0, 0.1) is 11.6 Å². The number of ether oxygens (including phenoxy) is 1. The Kier molecular flexibility index (Phi) is 7.05. The van der Waals surface area contributed by atoms with E-state index in [1.165, 1.54) is 4.90 Å². The third-order valence-corrected chi connectivity index (χ3v) is 8.02. The number of aliphatic hydroxyl groups is 1. The topological polar surface area (TPSA) is 109 Å². The van der Waals surface area contributed by atoms with Crippen molar-refractivity contribution in [1.29, 1.82) is 0 Å². The third-order valence-electron chi connectivity index (χ3n) is 7.11. The van der Waals surface area contributed by atoms with Crippen molar-refractivity contribution in [3.63, 3.8) is 0 Å². The van der Waals surface area contributed by atoms with Crippen LogP contribution in [0.3, 0.4) is 0 Å². The number of aromatic nitrogens is 2. The largest absolute Gasteiger partial charge is 0.489 e. The Hall–Kier alpha value is -3.44. The second-order valence-corrected chi connectivity index (χ2v) is 11.3. The van der Waals surface area contributed by atoms with Gasteiger partial charge in [-0.1, -0.05) is 46.0 Å². The van der Waals surface area contributed by atoms with E-state index in [2.05, 4.69) is 10.1 Å². The van der Waals surface area contributed by atoms with Gasteiger partial charge in [0.05, 0.1) is 39.3 Å². The molecule has 0 atom stereocenters. The summed E-state index contributed by atoms with van der Waals surface area (Å²) in [5.74, 6) is -1.48. The van der Waals surface area contributed by atoms with Crippen LogP contribution in [0.15, 0.2) is 47.1 Å². The number of aromatic carboxylic acids is 1. The summed E-state index contributed by atoms with van der Waals surface area (Å²) in [5, 5.41) is 24.8. The molecule has 1 saturated carbocycles. The minimum Gasteiger partial charge on any atom is -0.489 e. The molecule has 0 radical (unpaired) electrons. The van der Waals surface area contributed by atoms with Crippen molar-refractivity contribution in [3.05, 3.63) is 91.7 Å². The number of benzene rings is 2. The van der Waals surface area contributed by atoms with Crippen LogP contribution in [0.5, 0.6) is 5.75 Å². The summed E-state index contributed by atoms with van der Waals surface area (Å²) in [7, 11) is 0. The van der Waals surface area contributed by atoms with E-state index in [0.717, 1.165) is 37.2 Å². The van der Waals surface area contributed by atoms with Crippen LogP contribution < -0.4 is 9.64 Å². The first-order valence-corrected chi connectivity index (χ1v) is 13.6. The van der Waals surface area contributed by atoms with E-state index < -0.39 is 23.2 Å². The Balaban J connectivity index is 1.19. The van der Waals surface area contributed by atoms with Gasteiger partial charge < -0.3 is 24.4 Å². The fourth-order valence-corrected chi connectivity index (χ4v) is 5.88. The first-order chi connectivity index (χ1) is 19.5. The van der Waals surface area contributed by atoms with E-state index in [-0.39, 0.29) is 52.1 Å². The summed E-state index contributed by atoms with van der Waals surface area (Å²) < 4.78 is 39.8. The average Bonchev–Trinajstić information content (AvgIpc) is 3.65. The average molecular weight is 623 g/mol. The minimum atomic E-state index is -1.38. The van der Waals surface area contributed by atoms with Crippen molar-refractivity contribution in [2.45, 2.75) is 31.0 Å². The second kappa shape index (κ2) is 10.4. The maximum atomic E-state index is 14.4. The standard InChI is InChI=1S/C28H20Cl3F2N3O5/c29-19-8-16(3-4-18(19)28(39)11-36(12-28)26-22(33)5-14(9-34-26)27(37)38)40-10-17-24(35-41-25(17)13-1-2-13)23-20(30)6-15(32)7-21(23)31/h3-9,13,39H,1-2,10-12H2,(H,37,38). The van der Waals surface area contributed by atoms with Crippen LogP contribution in [0.25, 0.3) is 11.3 Å². The SMILES string of the molecule is O=C(O)c1cnc(N2CC(O)(c3ccc(OCc4c(-c5c(Cl)cc(F)cc5Cl)noc4C4CC4)cc3Cl)C2)c(F)c1. The van der Waals surface area contributed by atoms with E-state index in [1.807, 2.05) is 0 Å². The number of β-amino-alcohol motifs (C(OH)–C–C–N with tert-alkyl or cyclic N) is 1. The van der Waals surface area contributed by atoms with Gasteiger partial charge >= 0.3 is 5.97 Å². The molecule has 2 aromatic heterocycles. The molecular weight excluding hydrogens is 603 g/mol. The summed E-state index contributed by atoms with van der Waals surface area (Å²) in [6.45, 7) is 0.0359. The molecule has 0 bridgehead atoms. The Morgan fingerprint density at radius 1 is 1.10 bits per heavy atom. The van der Waals surface area contributed by atoms with E-state index in [9.17, 15) is 18.7 Å². The number of hydrogen-bond acceptors (Lipinski definition) is 7. The van der Waals surface area contributed by atoms with Gasteiger partial charge in [-0.05, 0) is 43.2 Å². The van der Waals surface area contributed by atoms with Crippen LogP contribution in [-0.4, -0.2) is 39.4 Å². The molecule has 41 heavy (non-hydrogen) atoms.